The first kappa shape index (κ1) is 17.7. The number of aryl methyl sites for hydroxylation is 1. The molecule has 2 heterocycles. The lowest BCUT2D eigenvalue weighted by Gasteiger charge is -2.19. The number of nitrogens with zero attached hydrogens (tertiary/aromatic N) is 2. The van der Waals surface area contributed by atoms with E-state index in [2.05, 4.69) is 16.4 Å². The summed E-state index contributed by atoms with van der Waals surface area (Å²) < 4.78 is 1.18. The molecular weight excluding hydrogens is 358 g/mol. The van der Waals surface area contributed by atoms with Crippen molar-refractivity contribution >= 4 is 44.7 Å². The van der Waals surface area contributed by atoms with E-state index in [1.54, 1.807) is 16.2 Å². The molecule has 0 saturated carbocycles. The number of amides is 2. The van der Waals surface area contributed by atoms with Gasteiger partial charge in [0.1, 0.15) is 0 Å². The van der Waals surface area contributed by atoms with Gasteiger partial charge in [0.05, 0.1) is 26.6 Å². The van der Waals surface area contributed by atoms with Crippen LogP contribution >= 0.6 is 11.3 Å². The zero-order chi connectivity index (χ0) is 18.6. The molecule has 27 heavy (non-hydrogen) atoms. The molecule has 4 rings (SSSR count). The Morgan fingerprint density at radius 1 is 1.15 bits per heavy atom. The van der Waals surface area contributed by atoms with Crippen LogP contribution in [-0.4, -0.2) is 23.3 Å². The first-order valence-corrected chi connectivity index (χ1v) is 10.1. The lowest BCUT2D eigenvalue weighted by atomic mass is 10.2. The highest BCUT2D eigenvalue weighted by Gasteiger charge is 2.24. The van der Waals surface area contributed by atoms with E-state index in [1.165, 1.54) is 4.70 Å². The Kier molecular flexibility index (Phi) is 5.16. The minimum atomic E-state index is -0.0322. The molecule has 0 spiro atoms. The van der Waals surface area contributed by atoms with Crippen LogP contribution in [-0.2, 0) is 16.0 Å². The zero-order valence-corrected chi connectivity index (χ0v) is 15.8. The van der Waals surface area contributed by atoms with Gasteiger partial charge in [0, 0.05) is 19.4 Å². The number of carbonyl (C=O) groups excluding carboxylic acids is 2. The molecule has 138 valence electrons. The second-order valence-corrected chi connectivity index (χ2v) is 7.76. The van der Waals surface area contributed by atoms with Crippen LogP contribution in [0.15, 0.2) is 48.5 Å². The van der Waals surface area contributed by atoms with Gasteiger partial charge in [0.2, 0.25) is 11.8 Å². The van der Waals surface area contributed by atoms with E-state index >= 15 is 0 Å². The number of fused-ring (bicyclic) bond motifs is 1. The summed E-state index contributed by atoms with van der Waals surface area (Å²) in [6, 6.07) is 15.6. The number of aromatic nitrogens is 1. The number of benzene rings is 2. The molecule has 0 radical (unpaired) electrons. The van der Waals surface area contributed by atoms with E-state index in [-0.39, 0.29) is 11.8 Å². The SMILES string of the molecule is O=C(CCCc1nc2ccccc2s1)Nc1ccccc1N1CCCC1=O. The molecule has 2 aromatic carbocycles. The highest BCUT2D eigenvalue weighted by atomic mass is 32.1. The summed E-state index contributed by atoms with van der Waals surface area (Å²) in [7, 11) is 0. The summed E-state index contributed by atoms with van der Waals surface area (Å²) in [6.07, 6.45) is 3.40. The van der Waals surface area contributed by atoms with Gasteiger partial charge in [0.25, 0.3) is 0 Å². The maximum atomic E-state index is 12.4. The van der Waals surface area contributed by atoms with Crippen molar-refractivity contribution in [2.75, 3.05) is 16.8 Å². The van der Waals surface area contributed by atoms with E-state index in [0.29, 0.717) is 25.1 Å². The van der Waals surface area contributed by atoms with E-state index in [9.17, 15) is 9.59 Å². The molecule has 6 heteroatoms. The van der Waals surface area contributed by atoms with Crippen LogP contribution < -0.4 is 10.2 Å². The molecule has 3 aromatic rings. The molecule has 1 aliphatic rings. The zero-order valence-electron chi connectivity index (χ0n) is 15.0. The Hall–Kier alpha value is -2.73. The average molecular weight is 379 g/mol. The third kappa shape index (κ3) is 4.01. The van der Waals surface area contributed by atoms with Crippen molar-refractivity contribution < 1.29 is 9.59 Å². The highest BCUT2D eigenvalue weighted by Crippen LogP contribution is 2.29. The Labute approximate surface area is 162 Å². The Balaban J connectivity index is 1.35. The van der Waals surface area contributed by atoms with E-state index in [4.69, 9.17) is 0 Å². The minimum Gasteiger partial charge on any atom is -0.324 e. The standard InChI is InChI=1S/C21H21N3O2S/c25-19(11-5-12-20-23-16-8-2-4-10-18(16)27-20)22-15-7-1-3-9-17(15)24-14-6-13-21(24)26/h1-4,7-10H,5-6,11-14H2,(H,22,25). The normalized spacial score (nSPS) is 14.1. The second-order valence-electron chi connectivity index (χ2n) is 6.64. The van der Waals surface area contributed by atoms with Gasteiger partial charge < -0.3 is 10.2 Å². The maximum absolute atomic E-state index is 12.4. The third-order valence-electron chi connectivity index (χ3n) is 4.68. The summed E-state index contributed by atoms with van der Waals surface area (Å²) in [5.41, 5.74) is 2.52. The van der Waals surface area contributed by atoms with Crippen molar-refractivity contribution in [2.24, 2.45) is 0 Å². The monoisotopic (exact) mass is 379 g/mol. The summed E-state index contributed by atoms with van der Waals surface area (Å²) in [5, 5.41) is 4.03. The number of para-hydroxylation sites is 3. The van der Waals surface area contributed by atoms with Crippen LogP contribution in [0.2, 0.25) is 0 Å². The quantitative estimate of drug-likeness (QED) is 0.691. The molecule has 2 amide bonds. The molecule has 1 saturated heterocycles. The Morgan fingerprint density at radius 3 is 2.78 bits per heavy atom. The van der Waals surface area contributed by atoms with Gasteiger partial charge in [-0.2, -0.15) is 0 Å². The number of carbonyl (C=O) groups is 2. The van der Waals surface area contributed by atoms with Crippen molar-refractivity contribution in [3.05, 3.63) is 53.5 Å². The van der Waals surface area contributed by atoms with Crippen LogP contribution in [0.3, 0.4) is 0 Å². The topological polar surface area (TPSA) is 62.3 Å². The van der Waals surface area contributed by atoms with E-state index in [0.717, 1.165) is 35.5 Å². The van der Waals surface area contributed by atoms with E-state index < -0.39 is 0 Å². The highest BCUT2D eigenvalue weighted by molar-refractivity contribution is 7.18. The molecule has 0 unspecified atom stereocenters. The summed E-state index contributed by atoms with van der Waals surface area (Å²) in [5.74, 6) is 0.0859. The lowest BCUT2D eigenvalue weighted by molar-refractivity contribution is -0.117. The van der Waals surface area contributed by atoms with E-state index in [1.807, 2.05) is 42.5 Å². The number of hydrogen-bond acceptors (Lipinski definition) is 4. The van der Waals surface area contributed by atoms with Crippen molar-refractivity contribution in [3.8, 4) is 0 Å². The smallest absolute Gasteiger partial charge is 0.227 e. The van der Waals surface area contributed by atoms with Gasteiger partial charge in [-0.1, -0.05) is 24.3 Å². The van der Waals surface area contributed by atoms with Gasteiger partial charge in [-0.25, -0.2) is 4.98 Å². The van der Waals surface area contributed by atoms with Gasteiger partial charge in [-0.15, -0.1) is 11.3 Å². The molecule has 0 atom stereocenters. The number of thiazole rings is 1. The Bertz CT molecular complexity index is 949. The second kappa shape index (κ2) is 7.88. The van der Waals surface area contributed by atoms with Crippen molar-refractivity contribution in [1.82, 2.24) is 4.98 Å². The molecule has 0 bridgehead atoms. The predicted molar refractivity (Wildman–Crippen MR) is 109 cm³/mol. The fourth-order valence-electron chi connectivity index (χ4n) is 3.36. The molecule has 1 aromatic heterocycles. The largest absolute Gasteiger partial charge is 0.324 e. The average Bonchev–Trinajstić information content (AvgIpc) is 3.27. The number of anilines is 2. The van der Waals surface area contributed by atoms with Crippen molar-refractivity contribution in [1.29, 1.82) is 0 Å². The molecular formula is C21H21N3O2S. The summed E-state index contributed by atoms with van der Waals surface area (Å²) in [6.45, 7) is 0.712. The minimum absolute atomic E-state index is 0.0322. The number of hydrogen-bond donors (Lipinski definition) is 1. The fourth-order valence-corrected chi connectivity index (χ4v) is 4.37. The number of rotatable bonds is 6. The van der Waals surface area contributed by atoms with Gasteiger partial charge >= 0.3 is 0 Å². The summed E-state index contributed by atoms with van der Waals surface area (Å²) in [4.78, 5) is 30.8. The predicted octanol–water partition coefficient (Wildman–Crippen LogP) is 4.38. The van der Waals surface area contributed by atoms with Crippen LogP contribution in [0.5, 0.6) is 0 Å². The van der Waals surface area contributed by atoms with Crippen molar-refractivity contribution in [2.45, 2.75) is 32.1 Å². The van der Waals surface area contributed by atoms with Crippen LogP contribution in [0.25, 0.3) is 10.2 Å². The lowest BCUT2D eigenvalue weighted by Crippen LogP contribution is -2.25. The van der Waals surface area contributed by atoms with Gasteiger partial charge in [-0.3, -0.25) is 9.59 Å². The van der Waals surface area contributed by atoms with Crippen molar-refractivity contribution in [3.63, 3.8) is 0 Å². The maximum Gasteiger partial charge on any atom is 0.227 e. The van der Waals surface area contributed by atoms with Crippen LogP contribution in [0, 0.1) is 0 Å². The van der Waals surface area contributed by atoms with Crippen LogP contribution in [0.4, 0.5) is 11.4 Å². The molecule has 0 aliphatic carbocycles. The third-order valence-corrected chi connectivity index (χ3v) is 5.77. The van der Waals surface area contributed by atoms with Gasteiger partial charge in [0.15, 0.2) is 0 Å². The summed E-state index contributed by atoms with van der Waals surface area (Å²) >= 11 is 1.69. The first-order valence-electron chi connectivity index (χ1n) is 9.24. The number of nitrogens with one attached hydrogen (secondary N) is 1. The fraction of sp³-hybridized carbons (Fsp3) is 0.286. The molecule has 5 nitrogen and oxygen atoms in total. The van der Waals surface area contributed by atoms with Gasteiger partial charge in [-0.05, 0) is 43.5 Å². The molecule has 1 aliphatic heterocycles. The first-order chi connectivity index (χ1) is 13.2. The molecule has 1 N–H and O–H groups in total. The molecule has 1 fully saturated rings. The Morgan fingerprint density at radius 2 is 1.96 bits per heavy atom. The van der Waals surface area contributed by atoms with Crippen LogP contribution in [0.1, 0.15) is 30.7 Å².